The molecule has 1 aromatic rings. The SMILES string of the molecule is CCNC(=NCc1ccc(OC(F)F)c(OCC)c1)NC1CCN(C(=O)CC)C1. The number of nitrogens with one attached hydrogen (secondary N) is 2. The predicted molar refractivity (Wildman–Crippen MR) is 107 cm³/mol. The fourth-order valence-electron chi connectivity index (χ4n) is 3.12. The standard InChI is InChI=1S/C20H30F2N4O3/c1-4-18(27)26-10-9-15(13-26)25-20(23-5-2)24-12-14-7-8-16(29-19(21)22)17(11-14)28-6-3/h7-8,11,15,19H,4-6,9-10,12-13H2,1-3H3,(H2,23,24,25). The van der Waals surface area contributed by atoms with E-state index < -0.39 is 6.61 Å². The first-order valence-corrected chi connectivity index (χ1v) is 9.99. The Morgan fingerprint density at radius 3 is 2.76 bits per heavy atom. The zero-order valence-corrected chi connectivity index (χ0v) is 17.2. The summed E-state index contributed by atoms with van der Waals surface area (Å²) in [4.78, 5) is 18.3. The van der Waals surface area contributed by atoms with Gasteiger partial charge in [-0.3, -0.25) is 4.79 Å². The zero-order valence-electron chi connectivity index (χ0n) is 17.2. The Balaban J connectivity index is 2.04. The molecule has 1 amide bonds. The van der Waals surface area contributed by atoms with Crippen LogP contribution >= 0.6 is 0 Å². The van der Waals surface area contributed by atoms with Crippen LogP contribution in [0.4, 0.5) is 8.78 Å². The summed E-state index contributed by atoms with van der Waals surface area (Å²) < 4.78 is 35.0. The van der Waals surface area contributed by atoms with Gasteiger partial charge in [0.2, 0.25) is 5.91 Å². The number of guanidine groups is 1. The molecule has 1 aliphatic heterocycles. The van der Waals surface area contributed by atoms with E-state index in [0.29, 0.717) is 38.6 Å². The second-order valence-corrected chi connectivity index (χ2v) is 6.61. The van der Waals surface area contributed by atoms with Crippen molar-refractivity contribution in [1.82, 2.24) is 15.5 Å². The van der Waals surface area contributed by atoms with Crippen molar-refractivity contribution in [1.29, 1.82) is 0 Å². The quantitative estimate of drug-likeness (QED) is 0.482. The molecular weight excluding hydrogens is 382 g/mol. The molecule has 1 heterocycles. The summed E-state index contributed by atoms with van der Waals surface area (Å²) in [5.74, 6) is 1.08. The van der Waals surface area contributed by atoms with Crippen molar-refractivity contribution >= 4 is 11.9 Å². The van der Waals surface area contributed by atoms with E-state index in [-0.39, 0.29) is 23.4 Å². The monoisotopic (exact) mass is 412 g/mol. The lowest BCUT2D eigenvalue weighted by Crippen LogP contribution is -2.45. The van der Waals surface area contributed by atoms with Crippen LogP contribution in [0.1, 0.15) is 39.2 Å². The lowest BCUT2D eigenvalue weighted by atomic mass is 10.2. The average Bonchev–Trinajstić information content (AvgIpc) is 3.16. The molecule has 0 saturated carbocycles. The molecule has 0 aromatic heterocycles. The summed E-state index contributed by atoms with van der Waals surface area (Å²) in [6.07, 6.45) is 1.37. The summed E-state index contributed by atoms with van der Waals surface area (Å²) in [6.45, 7) is 5.48. The van der Waals surface area contributed by atoms with Crippen molar-refractivity contribution in [2.45, 2.75) is 52.8 Å². The van der Waals surface area contributed by atoms with Crippen molar-refractivity contribution in [3.63, 3.8) is 0 Å². The predicted octanol–water partition coefficient (Wildman–Crippen LogP) is 2.75. The van der Waals surface area contributed by atoms with Crippen molar-refractivity contribution in [2.24, 2.45) is 4.99 Å². The molecule has 29 heavy (non-hydrogen) atoms. The summed E-state index contributed by atoms with van der Waals surface area (Å²) in [5, 5.41) is 6.56. The number of halogens is 2. The molecule has 0 spiro atoms. The summed E-state index contributed by atoms with van der Waals surface area (Å²) >= 11 is 0. The highest BCUT2D eigenvalue weighted by Gasteiger charge is 2.25. The molecule has 1 atom stereocenters. The lowest BCUT2D eigenvalue weighted by molar-refractivity contribution is -0.129. The second-order valence-electron chi connectivity index (χ2n) is 6.61. The van der Waals surface area contributed by atoms with Gasteiger partial charge in [0.05, 0.1) is 13.2 Å². The van der Waals surface area contributed by atoms with Gasteiger partial charge in [-0.1, -0.05) is 13.0 Å². The van der Waals surface area contributed by atoms with Crippen molar-refractivity contribution in [3.8, 4) is 11.5 Å². The Kier molecular flexibility index (Phi) is 8.95. The molecule has 1 saturated heterocycles. The topological polar surface area (TPSA) is 75.2 Å². The number of alkyl halides is 2. The van der Waals surface area contributed by atoms with Gasteiger partial charge in [0, 0.05) is 32.1 Å². The number of nitrogens with zero attached hydrogens (tertiary/aromatic N) is 2. The molecule has 0 radical (unpaired) electrons. The lowest BCUT2D eigenvalue weighted by Gasteiger charge is -2.18. The van der Waals surface area contributed by atoms with Crippen LogP contribution in [0.15, 0.2) is 23.2 Å². The molecule has 1 fully saturated rings. The molecule has 7 nitrogen and oxygen atoms in total. The number of carbonyl (C=O) groups excluding carboxylic acids is 1. The second kappa shape index (κ2) is 11.4. The third-order valence-corrected chi connectivity index (χ3v) is 4.47. The Bertz CT molecular complexity index is 700. The highest BCUT2D eigenvalue weighted by molar-refractivity contribution is 5.80. The van der Waals surface area contributed by atoms with Gasteiger partial charge >= 0.3 is 6.61 Å². The Morgan fingerprint density at radius 2 is 2.10 bits per heavy atom. The maximum Gasteiger partial charge on any atom is 0.387 e. The molecule has 1 unspecified atom stereocenters. The average molecular weight is 412 g/mol. The first-order chi connectivity index (χ1) is 14.0. The van der Waals surface area contributed by atoms with E-state index in [4.69, 9.17) is 4.74 Å². The third kappa shape index (κ3) is 7.07. The molecule has 0 bridgehead atoms. The minimum absolute atomic E-state index is 0.00579. The van der Waals surface area contributed by atoms with Crippen LogP contribution in [0.25, 0.3) is 0 Å². The first kappa shape index (κ1) is 22.7. The van der Waals surface area contributed by atoms with E-state index >= 15 is 0 Å². The van der Waals surface area contributed by atoms with E-state index in [2.05, 4.69) is 20.4 Å². The highest BCUT2D eigenvalue weighted by atomic mass is 19.3. The Hall–Kier alpha value is -2.58. The molecule has 1 aliphatic rings. The van der Waals surface area contributed by atoms with Crippen molar-refractivity contribution < 1.29 is 23.0 Å². The van der Waals surface area contributed by atoms with Crippen LogP contribution < -0.4 is 20.1 Å². The van der Waals surface area contributed by atoms with Crippen LogP contribution in [0.3, 0.4) is 0 Å². The van der Waals surface area contributed by atoms with Crippen molar-refractivity contribution in [3.05, 3.63) is 23.8 Å². The minimum atomic E-state index is -2.91. The van der Waals surface area contributed by atoms with Crippen LogP contribution in [0.2, 0.25) is 0 Å². The van der Waals surface area contributed by atoms with Gasteiger partial charge in [-0.05, 0) is 38.0 Å². The summed E-state index contributed by atoms with van der Waals surface area (Å²) in [5.41, 5.74) is 0.807. The maximum atomic E-state index is 12.5. The van der Waals surface area contributed by atoms with Crippen LogP contribution in [0.5, 0.6) is 11.5 Å². The van der Waals surface area contributed by atoms with Gasteiger partial charge in [-0.15, -0.1) is 0 Å². The van der Waals surface area contributed by atoms with E-state index in [1.165, 1.54) is 6.07 Å². The first-order valence-electron chi connectivity index (χ1n) is 9.99. The fourth-order valence-corrected chi connectivity index (χ4v) is 3.12. The molecule has 162 valence electrons. The number of rotatable bonds is 9. The number of likely N-dealkylation sites (tertiary alicyclic amines) is 1. The molecule has 1 aromatic carbocycles. The smallest absolute Gasteiger partial charge is 0.387 e. The van der Waals surface area contributed by atoms with Crippen LogP contribution in [-0.2, 0) is 11.3 Å². The number of benzene rings is 1. The third-order valence-electron chi connectivity index (χ3n) is 4.47. The van der Waals surface area contributed by atoms with Crippen LogP contribution in [0, 0.1) is 0 Å². The molecule has 9 heteroatoms. The number of carbonyl (C=O) groups is 1. The normalized spacial score (nSPS) is 16.8. The number of hydrogen-bond donors (Lipinski definition) is 2. The summed E-state index contributed by atoms with van der Waals surface area (Å²) in [7, 11) is 0. The van der Waals surface area contributed by atoms with Crippen molar-refractivity contribution in [2.75, 3.05) is 26.2 Å². The molecule has 2 rings (SSSR count). The maximum absolute atomic E-state index is 12.5. The van der Waals surface area contributed by atoms with E-state index in [0.717, 1.165) is 18.5 Å². The summed E-state index contributed by atoms with van der Waals surface area (Å²) in [6, 6.07) is 4.95. The molecule has 0 aliphatic carbocycles. The van der Waals surface area contributed by atoms with Gasteiger partial charge in [0.25, 0.3) is 0 Å². The van der Waals surface area contributed by atoms with Gasteiger partial charge < -0.3 is 25.0 Å². The Labute approximate surface area is 170 Å². The van der Waals surface area contributed by atoms with Gasteiger partial charge in [-0.2, -0.15) is 8.78 Å². The molecular formula is C20H30F2N4O3. The molecule has 2 N–H and O–H groups in total. The van der Waals surface area contributed by atoms with Crippen LogP contribution in [-0.4, -0.2) is 55.7 Å². The Morgan fingerprint density at radius 1 is 1.31 bits per heavy atom. The van der Waals surface area contributed by atoms with E-state index in [1.54, 1.807) is 19.1 Å². The zero-order chi connectivity index (χ0) is 21.2. The van der Waals surface area contributed by atoms with E-state index in [1.807, 2.05) is 18.7 Å². The highest BCUT2D eigenvalue weighted by Crippen LogP contribution is 2.30. The van der Waals surface area contributed by atoms with Gasteiger partial charge in [-0.25, -0.2) is 4.99 Å². The fraction of sp³-hybridized carbons (Fsp3) is 0.600. The van der Waals surface area contributed by atoms with E-state index in [9.17, 15) is 13.6 Å². The van der Waals surface area contributed by atoms with Gasteiger partial charge in [0.15, 0.2) is 17.5 Å². The number of aliphatic imine (C=N–C) groups is 1. The number of amides is 1. The number of hydrogen-bond acceptors (Lipinski definition) is 4. The van der Waals surface area contributed by atoms with Gasteiger partial charge in [0.1, 0.15) is 0 Å². The largest absolute Gasteiger partial charge is 0.490 e. The minimum Gasteiger partial charge on any atom is -0.490 e. The number of ether oxygens (including phenoxy) is 2.